The summed E-state index contributed by atoms with van der Waals surface area (Å²) in [6.07, 6.45) is 1.63. The number of carbonyl (C=O) groups excluding carboxylic acids is 3. The minimum atomic E-state index is -1.06. The zero-order chi connectivity index (χ0) is 32.5. The van der Waals surface area contributed by atoms with Gasteiger partial charge in [-0.05, 0) is 36.0 Å². The summed E-state index contributed by atoms with van der Waals surface area (Å²) >= 11 is 0. The van der Waals surface area contributed by atoms with E-state index >= 15 is 0 Å². The lowest BCUT2D eigenvalue weighted by atomic mass is 9.90. The van der Waals surface area contributed by atoms with Crippen LogP contribution < -0.4 is 20.1 Å². The molecule has 2 aromatic rings. The monoisotopic (exact) mass is 614 g/mol. The molecule has 1 heterocycles. The molecule has 1 aliphatic carbocycles. The molecule has 0 unspecified atom stereocenters. The summed E-state index contributed by atoms with van der Waals surface area (Å²) in [5, 5.41) is 14.3. The van der Waals surface area contributed by atoms with Crippen molar-refractivity contribution in [1.82, 2.24) is 9.89 Å². The first kappa shape index (κ1) is 32.5. The SMILES string of the molecule is C=CN(CCOC(C)=O)c1ccc2c(-c3ccccc3C(=O)O)c3cc/c(=[N+](/CCNC(C)=O)CCOC(C)=O)cc-3oc2c1. The molecule has 0 atom stereocenters. The van der Waals surface area contributed by atoms with Crippen LogP contribution in [0.25, 0.3) is 33.4 Å². The van der Waals surface area contributed by atoms with Crippen molar-refractivity contribution in [3.05, 3.63) is 84.4 Å². The lowest BCUT2D eigenvalue weighted by Gasteiger charge is -2.22. The Hall–Kier alpha value is -5.45. The molecule has 1 amide bonds. The normalized spacial score (nSPS) is 11.5. The molecule has 0 saturated carbocycles. The van der Waals surface area contributed by atoms with E-state index in [0.717, 1.165) is 11.0 Å². The summed E-state index contributed by atoms with van der Waals surface area (Å²) in [7, 11) is 0. The van der Waals surface area contributed by atoms with Crippen molar-refractivity contribution in [3.8, 4) is 22.5 Å². The molecule has 1 aliphatic heterocycles. The number of amides is 1. The van der Waals surface area contributed by atoms with Crippen LogP contribution in [-0.2, 0) is 23.9 Å². The molecule has 2 aromatic carbocycles. The van der Waals surface area contributed by atoms with Gasteiger partial charge in [0, 0.05) is 55.1 Å². The number of benzene rings is 3. The Morgan fingerprint density at radius 2 is 1.67 bits per heavy atom. The van der Waals surface area contributed by atoms with Gasteiger partial charge in [0.1, 0.15) is 24.6 Å². The summed E-state index contributed by atoms with van der Waals surface area (Å²) in [5.41, 5.74) is 3.30. The lowest BCUT2D eigenvalue weighted by molar-refractivity contribution is -0.141. The number of rotatable bonds is 13. The lowest BCUT2D eigenvalue weighted by Crippen LogP contribution is -2.39. The molecule has 0 radical (unpaired) electrons. The van der Waals surface area contributed by atoms with Crippen molar-refractivity contribution in [1.29, 1.82) is 0 Å². The predicted octanol–water partition coefficient (Wildman–Crippen LogP) is 3.89. The van der Waals surface area contributed by atoms with Gasteiger partial charge in [-0.3, -0.25) is 14.4 Å². The highest BCUT2D eigenvalue weighted by Crippen LogP contribution is 2.42. The maximum atomic E-state index is 12.3. The quantitative estimate of drug-likeness (QED) is 0.131. The van der Waals surface area contributed by atoms with E-state index in [9.17, 15) is 24.3 Å². The Balaban J connectivity index is 1.95. The van der Waals surface area contributed by atoms with Gasteiger partial charge >= 0.3 is 17.9 Å². The van der Waals surface area contributed by atoms with E-state index in [0.29, 0.717) is 59.6 Å². The van der Waals surface area contributed by atoms with Crippen LogP contribution in [0.4, 0.5) is 5.69 Å². The number of nitrogens with zero attached hydrogens (tertiary/aromatic N) is 2. The molecule has 234 valence electrons. The molecular weight excluding hydrogens is 578 g/mol. The minimum Gasteiger partial charge on any atom is -0.478 e. The van der Waals surface area contributed by atoms with Gasteiger partial charge in [-0.1, -0.05) is 24.8 Å². The van der Waals surface area contributed by atoms with Crippen LogP contribution in [-0.4, -0.2) is 68.3 Å². The molecule has 45 heavy (non-hydrogen) atoms. The number of carboxylic acid groups (broad SMARTS) is 1. The van der Waals surface area contributed by atoms with E-state index in [1.54, 1.807) is 30.5 Å². The zero-order valence-electron chi connectivity index (χ0n) is 25.5. The smallest absolute Gasteiger partial charge is 0.336 e. The number of nitrogens with one attached hydrogen (secondary N) is 1. The van der Waals surface area contributed by atoms with Crippen LogP contribution in [0.5, 0.6) is 0 Å². The fourth-order valence-electron chi connectivity index (χ4n) is 5.07. The first-order chi connectivity index (χ1) is 21.6. The second-order valence-corrected chi connectivity index (χ2v) is 10.2. The van der Waals surface area contributed by atoms with Gasteiger partial charge in [-0.2, -0.15) is 0 Å². The van der Waals surface area contributed by atoms with Gasteiger partial charge in [-0.15, -0.1) is 0 Å². The number of fused-ring (bicyclic) bond motifs is 2. The van der Waals surface area contributed by atoms with E-state index in [4.69, 9.17) is 13.9 Å². The molecule has 0 aromatic heterocycles. The third kappa shape index (κ3) is 8.14. The molecule has 11 nitrogen and oxygen atoms in total. The molecule has 4 rings (SSSR count). The fourth-order valence-corrected chi connectivity index (χ4v) is 5.07. The number of esters is 2. The largest absolute Gasteiger partial charge is 0.478 e. The minimum absolute atomic E-state index is 0.145. The number of carboxylic acids is 1. The van der Waals surface area contributed by atoms with E-state index in [1.807, 2.05) is 45.9 Å². The van der Waals surface area contributed by atoms with Crippen LogP contribution in [0.2, 0.25) is 0 Å². The first-order valence-corrected chi connectivity index (χ1v) is 14.4. The van der Waals surface area contributed by atoms with Gasteiger partial charge in [0.05, 0.1) is 24.7 Å². The highest BCUT2D eigenvalue weighted by atomic mass is 16.5. The molecule has 2 aliphatic rings. The summed E-state index contributed by atoms with van der Waals surface area (Å²) < 4.78 is 18.7. The summed E-state index contributed by atoms with van der Waals surface area (Å²) in [6.45, 7) is 9.88. The van der Waals surface area contributed by atoms with Crippen LogP contribution in [0.1, 0.15) is 31.1 Å². The third-order valence-corrected chi connectivity index (χ3v) is 7.09. The van der Waals surface area contributed by atoms with Crippen LogP contribution in [0.15, 0.2) is 77.9 Å². The second kappa shape index (κ2) is 14.8. The number of hydrogen-bond acceptors (Lipinski definition) is 8. The van der Waals surface area contributed by atoms with E-state index in [1.165, 1.54) is 20.8 Å². The van der Waals surface area contributed by atoms with Crippen molar-refractivity contribution in [2.75, 3.05) is 44.3 Å². The Kier molecular flexibility index (Phi) is 10.7. The van der Waals surface area contributed by atoms with Crippen LogP contribution in [0.3, 0.4) is 0 Å². The molecule has 0 spiro atoms. The molecule has 0 bridgehead atoms. The predicted molar refractivity (Wildman–Crippen MR) is 170 cm³/mol. The summed E-state index contributed by atoms with van der Waals surface area (Å²) in [5.74, 6) is -1.49. The maximum absolute atomic E-state index is 12.3. The van der Waals surface area contributed by atoms with Crippen molar-refractivity contribution < 1.29 is 38.2 Å². The maximum Gasteiger partial charge on any atom is 0.336 e. The second-order valence-electron chi connectivity index (χ2n) is 10.2. The number of ether oxygens (including phenoxy) is 2. The molecule has 0 saturated heterocycles. The van der Waals surface area contributed by atoms with Crippen LogP contribution >= 0.6 is 0 Å². The topological polar surface area (TPSA) is 138 Å². The van der Waals surface area contributed by atoms with E-state index in [-0.39, 0.29) is 30.7 Å². The van der Waals surface area contributed by atoms with Gasteiger partial charge in [0.2, 0.25) is 11.3 Å². The average molecular weight is 615 g/mol. The van der Waals surface area contributed by atoms with Gasteiger partial charge in [0.15, 0.2) is 13.1 Å². The summed E-state index contributed by atoms with van der Waals surface area (Å²) in [4.78, 5) is 48.3. The third-order valence-electron chi connectivity index (χ3n) is 7.09. The average Bonchev–Trinajstić information content (AvgIpc) is 3.00. The molecular formula is C34H36N3O8+. The Morgan fingerprint density at radius 1 is 0.933 bits per heavy atom. The number of carbonyl (C=O) groups is 4. The standard InChI is InChI=1S/C34H35N3O8/c1-5-36(16-18-43-23(3)39)25-10-12-29-31(20-25)45-32-21-26(37(15-14-35-22(2)38)17-19-44-24(4)40)11-13-30(32)33(29)27-8-6-7-9-28(27)34(41)42/h5-13,20-21H,1,14-19H2,2-4H3,(H-,35,38,41,42)/p+1. The van der Waals surface area contributed by atoms with Crippen molar-refractivity contribution in [2.45, 2.75) is 20.8 Å². The summed E-state index contributed by atoms with van der Waals surface area (Å²) in [6, 6.07) is 18.0. The van der Waals surface area contributed by atoms with E-state index < -0.39 is 11.9 Å². The first-order valence-electron chi connectivity index (χ1n) is 14.4. The molecule has 0 fully saturated rings. The number of anilines is 1. The number of hydrogen-bond donors (Lipinski definition) is 2. The Morgan fingerprint density at radius 3 is 2.36 bits per heavy atom. The van der Waals surface area contributed by atoms with Crippen LogP contribution in [0, 0.1) is 0 Å². The van der Waals surface area contributed by atoms with Gasteiger partial charge in [-0.25, -0.2) is 9.37 Å². The zero-order valence-corrected chi connectivity index (χ0v) is 25.5. The Labute approximate surface area is 260 Å². The van der Waals surface area contributed by atoms with Crippen molar-refractivity contribution in [3.63, 3.8) is 0 Å². The van der Waals surface area contributed by atoms with Gasteiger partial charge in [0.25, 0.3) is 0 Å². The van der Waals surface area contributed by atoms with Gasteiger partial charge < -0.3 is 29.2 Å². The molecule has 2 N–H and O–H groups in total. The Bertz CT molecular complexity index is 1770. The number of aromatic carboxylic acids is 1. The fraction of sp³-hybridized carbons (Fsp3) is 0.265. The van der Waals surface area contributed by atoms with E-state index in [2.05, 4.69) is 11.9 Å². The molecule has 11 heteroatoms. The highest BCUT2D eigenvalue weighted by Gasteiger charge is 2.23. The van der Waals surface area contributed by atoms with Crippen molar-refractivity contribution in [2.24, 2.45) is 0 Å². The van der Waals surface area contributed by atoms with Crippen molar-refractivity contribution >= 4 is 40.5 Å². The highest BCUT2D eigenvalue weighted by molar-refractivity contribution is 6.07.